The summed E-state index contributed by atoms with van der Waals surface area (Å²) in [7, 11) is 3.80. The van der Waals surface area contributed by atoms with Gasteiger partial charge < -0.3 is 15.5 Å². The van der Waals surface area contributed by atoms with Gasteiger partial charge in [-0.3, -0.25) is 9.59 Å². The van der Waals surface area contributed by atoms with Crippen molar-refractivity contribution in [1.82, 2.24) is 5.32 Å². The number of carbonyl (C=O) groups excluding carboxylic acids is 1. The van der Waals surface area contributed by atoms with E-state index in [1.807, 2.05) is 21.6 Å². The Labute approximate surface area is 131 Å². The van der Waals surface area contributed by atoms with E-state index in [1.54, 1.807) is 0 Å². The minimum Gasteiger partial charge on any atom is -0.481 e. The largest absolute Gasteiger partial charge is 0.481 e. The van der Waals surface area contributed by atoms with Crippen molar-refractivity contribution in [1.29, 1.82) is 0 Å². The summed E-state index contributed by atoms with van der Waals surface area (Å²) >= 11 is 0. The topological polar surface area (TPSA) is 104 Å². The Morgan fingerprint density at radius 1 is 1.19 bits per heavy atom. The monoisotopic (exact) mass is 335 g/mol. The summed E-state index contributed by atoms with van der Waals surface area (Å²) in [6.07, 6.45) is 3.93. The maximum Gasteiger partial charge on any atom is 0.326 e. The quantitative estimate of drug-likeness (QED) is 0.415. The lowest BCUT2D eigenvalue weighted by atomic mass is 10.1. The molecule has 1 aliphatic rings. The van der Waals surface area contributed by atoms with Gasteiger partial charge in [0.2, 0.25) is 5.91 Å². The molecule has 1 aliphatic heterocycles. The summed E-state index contributed by atoms with van der Waals surface area (Å²) < 4.78 is 0. The normalized spacial score (nSPS) is 19.1. The van der Waals surface area contributed by atoms with Gasteiger partial charge in [-0.1, -0.05) is 28.0 Å². The number of unbranched alkanes of at least 4 members (excludes halogenated alkanes) is 1. The van der Waals surface area contributed by atoms with Gasteiger partial charge in [0.15, 0.2) is 0 Å². The third kappa shape index (κ3) is 8.21. The highest BCUT2D eigenvalue weighted by Crippen LogP contribution is 2.39. The van der Waals surface area contributed by atoms with Crippen LogP contribution in [-0.2, 0) is 14.4 Å². The van der Waals surface area contributed by atoms with Gasteiger partial charge in [-0.2, -0.15) is 0 Å². The van der Waals surface area contributed by atoms with Crippen LogP contribution < -0.4 is 5.32 Å². The van der Waals surface area contributed by atoms with Crippen molar-refractivity contribution in [2.75, 3.05) is 5.75 Å². The van der Waals surface area contributed by atoms with Crippen LogP contribution in [0.1, 0.15) is 44.9 Å². The van der Waals surface area contributed by atoms with E-state index in [2.05, 4.69) is 5.32 Å². The fourth-order valence-electron chi connectivity index (χ4n) is 2.01. The maximum atomic E-state index is 11.7. The number of hydrogen-bond donors (Lipinski definition) is 3. The van der Waals surface area contributed by atoms with Crippen LogP contribution in [0.5, 0.6) is 0 Å². The number of carboxylic acids is 2. The molecule has 0 aromatic heterocycles. The molecule has 1 heterocycles. The molecule has 0 aliphatic carbocycles. The fraction of sp³-hybridized carbons (Fsp3) is 0.769. The van der Waals surface area contributed by atoms with Gasteiger partial charge in [-0.05, 0) is 25.7 Å². The lowest BCUT2D eigenvalue weighted by molar-refractivity contribution is -0.143. The van der Waals surface area contributed by atoms with E-state index in [4.69, 9.17) is 10.2 Å². The molecule has 1 rings (SSSR count). The minimum atomic E-state index is -1.19. The Morgan fingerprint density at radius 2 is 1.95 bits per heavy atom. The van der Waals surface area contributed by atoms with Crippen LogP contribution in [0.15, 0.2) is 0 Å². The summed E-state index contributed by atoms with van der Waals surface area (Å²) in [5.41, 5.74) is 0. The number of carbonyl (C=O) groups is 3. The SMILES string of the molecule is O=C(O)CCC(NC(=O)CCCC[C@@H]1CCSS1)C(=O)O. The van der Waals surface area contributed by atoms with E-state index in [0.29, 0.717) is 11.7 Å². The molecule has 120 valence electrons. The van der Waals surface area contributed by atoms with E-state index < -0.39 is 18.0 Å². The molecule has 3 N–H and O–H groups in total. The molecule has 1 fully saturated rings. The molecule has 2 atom stereocenters. The Kier molecular flexibility index (Phi) is 8.60. The first-order chi connectivity index (χ1) is 9.99. The van der Waals surface area contributed by atoms with Crippen molar-refractivity contribution in [3.8, 4) is 0 Å². The van der Waals surface area contributed by atoms with Crippen LogP contribution >= 0.6 is 21.6 Å². The lowest BCUT2D eigenvalue weighted by Gasteiger charge is -2.13. The van der Waals surface area contributed by atoms with Crippen molar-refractivity contribution < 1.29 is 24.6 Å². The lowest BCUT2D eigenvalue weighted by Crippen LogP contribution is -2.41. The first-order valence-electron chi connectivity index (χ1n) is 7.01. The molecule has 6 nitrogen and oxygen atoms in total. The first-order valence-corrected chi connectivity index (χ1v) is 9.39. The fourth-order valence-corrected chi connectivity index (χ4v) is 5.04. The molecule has 0 radical (unpaired) electrons. The van der Waals surface area contributed by atoms with Crippen molar-refractivity contribution in [3.63, 3.8) is 0 Å². The van der Waals surface area contributed by atoms with Crippen LogP contribution in [0.2, 0.25) is 0 Å². The number of nitrogens with one attached hydrogen (secondary N) is 1. The van der Waals surface area contributed by atoms with Crippen molar-refractivity contribution in [2.24, 2.45) is 0 Å². The molecule has 1 amide bonds. The second-order valence-electron chi connectivity index (χ2n) is 4.97. The van der Waals surface area contributed by atoms with Crippen molar-refractivity contribution >= 4 is 39.4 Å². The molecule has 0 saturated carbocycles. The second-order valence-corrected chi connectivity index (χ2v) is 7.75. The van der Waals surface area contributed by atoms with Gasteiger partial charge in [-0.25, -0.2) is 4.79 Å². The summed E-state index contributed by atoms with van der Waals surface area (Å²) in [6.45, 7) is 0. The molecule has 8 heteroatoms. The summed E-state index contributed by atoms with van der Waals surface area (Å²) in [4.78, 5) is 33.0. The van der Waals surface area contributed by atoms with Crippen molar-refractivity contribution in [3.05, 3.63) is 0 Å². The number of hydrogen-bond acceptors (Lipinski definition) is 5. The van der Waals surface area contributed by atoms with Crippen LogP contribution in [-0.4, -0.2) is 45.1 Å². The van der Waals surface area contributed by atoms with E-state index >= 15 is 0 Å². The summed E-state index contributed by atoms with van der Waals surface area (Å²) in [5, 5.41) is 20.6. The summed E-state index contributed by atoms with van der Waals surface area (Å²) in [6, 6.07) is -1.12. The zero-order chi connectivity index (χ0) is 15.7. The molecule has 0 aromatic carbocycles. The smallest absolute Gasteiger partial charge is 0.326 e. The molecule has 0 spiro atoms. The van der Waals surface area contributed by atoms with Gasteiger partial charge in [0.25, 0.3) is 0 Å². The highest BCUT2D eigenvalue weighted by atomic mass is 33.1. The zero-order valence-electron chi connectivity index (χ0n) is 11.7. The highest BCUT2D eigenvalue weighted by Gasteiger charge is 2.21. The second kappa shape index (κ2) is 9.94. The average Bonchev–Trinajstić information content (AvgIpc) is 2.92. The third-order valence-corrected chi connectivity index (χ3v) is 6.19. The molecule has 0 aromatic rings. The Bertz CT molecular complexity index is 372. The molecular weight excluding hydrogens is 314 g/mol. The third-order valence-electron chi connectivity index (χ3n) is 3.19. The molecular formula is C13H21NO5S2. The number of carboxylic acid groups (broad SMARTS) is 2. The highest BCUT2D eigenvalue weighted by molar-refractivity contribution is 8.77. The van der Waals surface area contributed by atoms with Gasteiger partial charge in [-0.15, -0.1) is 0 Å². The minimum absolute atomic E-state index is 0.0909. The van der Waals surface area contributed by atoms with E-state index in [0.717, 1.165) is 19.3 Å². The number of amides is 1. The van der Waals surface area contributed by atoms with Gasteiger partial charge in [0, 0.05) is 23.8 Å². The zero-order valence-corrected chi connectivity index (χ0v) is 13.4. The van der Waals surface area contributed by atoms with Crippen LogP contribution in [0.25, 0.3) is 0 Å². The molecule has 21 heavy (non-hydrogen) atoms. The summed E-state index contributed by atoms with van der Waals surface area (Å²) in [5.74, 6) is -1.38. The van der Waals surface area contributed by atoms with E-state index in [-0.39, 0.29) is 18.7 Å². The molecule has 1 saturated heterocycles. The predicted octanol–water partition coefficient (Wildman–Crippen LogP) is 2.13. The molecule has 0 bridgehead atoms. The standard InChI is InChI=1S/C13H21NO5S2/c15-11(4-2-1-3-9-7-8-20-21-9)14-10(13(18)19)5-6-12(16)17/h9-10H,1-8H2,(H,14,15)(H,16,17)(H,18,19)/t9-,10?/m1/s1. The van der Waals surface area contributed by atoms with E-state index in [1.165, 1.54) is 12.2 Å². The number of aliphatic carboxylic acids is 2. The van der Waals surface area contributed by atoms with Crippen LogP contribution in [0.4, 0.5) is 0 Å². The van der Waals surface area contributed by atoms with Gasteiger partial charge in [0.1, 0.15) is 6.04 Å². The van der Waals surface area contributed by atoms with Gasteiger partial charge in [0.05, 0.1) is 0 Å². The predicted molar refractivity (Wildman–Crippen MR) is 83.4 cm³/mol. The Hall–Kier alpha value is -0.890. The van der Waals surface area contributed by atoms with Gasteiger partial charge >= 0.3 is 11.9 Å². The molecule has 1 unspecified atom stereocenters. The maximum absolute atomic E-state index is 11.7. The van der Waals surface area contributed by atoms with E-state index in [9.17, 15) is 14.4 Å². The Morgan fingerprint density at radius 3 is 2.52 bits per heavy atom. The first kappa shape index (κ1) is 18.2. The average molecular weight is 335 g/mol. The van der Waals surface area contributed by atoms with Crippen LogP contribution in [0.3, 0.4) is 0 Å². The van der Waals surface area contributed by atoms with Crippen molar-refractivity contribution in [2.45, 2.75) is 56.2 Å². The number of rotatable bonds is 10. The Balaban J connectivity index is 2.16. The van der Waals surface area contributed by atoms with Crippen LogP contribution in [0, 0.1) is 0 Å².